The number of pyridine rings is 1. The van der Waals surface area contributed by atoms with Gasteiger partial charge in [0.25, 0.3) is 5.56 Å². The number of halogens is 1. The monoisotopic (exact) mass is 389 g/mol. The van der Waals surface area contributed by atoms with Crippen molar-refractivity contribution in [1.29, 1.82) is 0 Å². The van der Waals surface area contributed by atoms with Crippen LogP contribution in [0.5, 0.6) is 5.75 Å². The molecule has 2 aromatic rings. The molecule has 1 fully saturated rings. The number of benzene rings is 1. The van der Waals surface area contributed by atoms with Crippen molar-refractivity contribution in [3.8, 4) is 5.75 Å². The Morgan fingerprint density at radius 2 is 2.12 bits per heavy atom. The molecule has 1 N–H and O–H groups in total. The van der Waals surface area contributed by atoms with Gasteiger partial charge >= 0.3 is 0 Å². The van der Waals surface area contributed by atoms with Crippen molar-refractivity contribution in [2.24, 2.45) is 5.92 Å². The summed E-state index contributed by atoms with van der Waals surface area (Å²) in [7, 11) is 1.59. The van der Waals surface area contributed by atoms with Crippen LogP contribution in [-0.2, 0) is 6.54 Å². The first-order valence-electron chi connectivity index (χ1n) is 8.64. The lowest BCUT2D eigenvalue weighted by atomic mass is 9.83. The van der Waals surface area contributed by atoms with Crippen LogP contribution in [-0.4, -0.2) is 34.8 Å². The Labute approximate surface area is 162 Å². The van der Waals surface area contributed by atoms with Gasteiger partial charge in [-0.1, -0.05) is 17.7 Å². The number of methoxy groups -OCH3 is 1. The Hall–Kier alpha value is -2.05. The summed E-state index contributed by atoms with van der Waals surface area (Å²) in [4.78, 5) is 14.3. The lowest BCUT2D eigenvalue weighted by Gasteiger charge is -2.43. The van der Waals surface area contributed by atoms with E-state index in [0.717, 1.165) is 37.4 Å². The smallest absolute Gasteiger partial charge is 0.250 e. The van der Waals surface area contributed by atoms with Crippen LogP contribution in [0.2, 0.25) is 5.02 Å². The maximum Gasteiger partial charge on any atom is 0.250 e. The third-order valence-corrected chi connectivity index (χ3v) is 5.83. The van der Waals surface area contributed by atoms with Crippen LogP contribution in [0.4, 0.5) is 5.69 Å². The first-order chi connectivity index (χ1) is 12.5. The second kappa shape index (κ2) is 6.93. The number of aromatic nitrogens is 1. The Bertz CT molecular complexity index is 914. The van der Waals surface area contributed by atoms with Crippen LogP contribution in [0.1, 0.15) is 18.0 Å². The first-order valence-corrected chi connectivity index (χ1v) is 9.43. The van der Waals surface area contributed by atoms with Gasteiger partial charge in [-0.05, 0) is 48.8 Å². The zero-order chi connectivity index (χ0) is 18.3. The molecular formula is C19H20ClN3O2S. The number of ether oxygens (including phenoxy) is 1. The number of thiocarbonyl (C=S) groups is 1. The molecule has 26 heavy (non-hydrogen) atoms. The molecule has 1 aromatic carbocycles. The number of nitrogens with one attached hydrogen (secondary N) is 1. The zero-order valence-corrected chi connectivity index (χ0v) is 16.0. The average molecular weight is 390 g/mol. The molecule has 136 valence electrons. The molecule has 5 nitrogen and oxygen atoms in total. The van der Waals surface area contributed by atoms with Gasteiger partial charge in [-0.25, -0.2) is 0 Å². The predicted octanol–water partition coefficient (Wildman–Crippen LogP) is 3.33. The minimum Gasteiger partial charge on any atom is -0.495 e. The fourth-order valence-electron chi connectivity index (χ4n) is 4.01. The highest BCUT2D eigenvalue weighted by atomic mass is 35.5. The molecule has 0 spiro atoms. The zero-order valence-electron chi connectivity index (χ0n) is 14.4. The van der Waals surface area contributed by atoms with Crippen LogP contribution in [0, 0.1) is 5.92 Å². The number of nitrogens with zero attached hydrogens (tertiary/aromatic N) is 2. The normalized spacial score (nSPS) is 21.1. The molecule has 0 saturated carbocycles. The van der Waals surface area contributed by atoms with Gasteiger partial charge in [0, 0.05) is 43.0 Å². The molecule has 4 rings (SSSR count). The van der Waals surface area contributed by atoms with Gasteiger partial charge in [-0.15, -0.1) is 0 Å². The molecule has 3 heterocycles. The second-order valence-electron chi connectivity index (χ2n) is 6.88. The molecule has 7 heteroatoms. The van der Waals surface area contributed by atoms with Crippen molar-refractivity contribution in [2.75, 3.05) is 25.5 Å². The Morgan fingerprint density at radius 1 is 1.27 bits per heavy atom. The van der Waals surface area contributed by atoms with Crippen molar-refractivity contribution in [1.82, 2.24) is 9.47 Å². The molecule has 2 aliphatic heterocycles. The highest BCUT2D eigenvalue weighted by Crippen LogP contribution is 2.35. The minimum atomic E-state index is 0.0965. The summed E-state index contributed by atoms with van der Waals surface area (Å²) in [6.45, 7) is 2.43. The minimum absolute atomic E-state index is 0.0965. The van der Waals surface area contributed by atoms with Crippen molar-refractivity contribution < 1.29 is 4.74 Å². The van der Waals surface area contributed by atoms with Crippen molar-refractivity contribution in [3.63, 3.8) is 0 Å². The summed E-state index contributed by atoms with van der Waals surface area (Å²) in [6.07, 6.45) is 1.11. The average Bonchev–Trinajstić information content (AvgIpc) is 2.63. The van der Waals surface area contributed by atoms with Crippen molar-refractivity contribution in [3.05, 3.63) is 57.5 Å². The summed E-state index contributed by atoms with van der Waals surface area (Å²) >= 11 is 11.8. The van der Waals surface area contributed by atoms with E-state index in [1.54, 1.807) is 13.2 Å². The lowest BCUT2D eigenvalue weighted by Crippen LogP contribution is -2.50. The SMILES string of the molecule is COc1ccc(NC(=S)N2C[C@@H]3C[C@H](C2)c2cccc(=O)n2C3)cc1Cl. The van der Waals surface area contributed by atoms with Crippen LogP contribution >= 0.6 is 23.8 Å². The molecule has 1 aromatic heterocycles. The fourth-order valence-corrected chi connectivity index (χ4v) is 4.53. The third kappa shape index (κ3) is 3.19. The van der Waals surface area contributed by atoms with E-state index in [9.17, 15) is 4.79 Å². The maximum absolute atomic E-state index is 12.1. The number of hydrogen-bond donors (Lipinski definition) is 1. The molecule has 0 amide bonds. The van der Waals surface area contributed by atoms with E-state index in [1.165, 1.54) is 0 Å². The third-order valence-electron chi connectivity index (χ3n) is 5.17. The van der Waals surface area contributed by atoms with Gasteiger partial charge in [0.1, 0.15) is 5.75 Å². The van der Waals surface area contributed by atoms with E-state index in [2.05, 4.69) is 16.3 Å². The van der Waals surface area contributed by atoms with Crippen molar-refractivity contribution >= 4 is 34.6 Å². The van der Waals surface area contributed by atoms with Crippen molar-refractivity contribution in [2.45, 2.75) is 18.9 Å². The number of likely N-dealkylation sites (tertiary alicyclic amines) is 1. The number of anilines is 1. The Kier molecular flexibility index (Phi) is 4.63. The summed E-state index contributed by atoms with van der Waals surface area (Å²) in [5.41, 5.74) is 2.06. The summed E-state index contributed by atoms with van der Waals surface area (Å²) in [5.74, 6) is 1.40. The van der Waals surface area contributed by atoms with E-state index in [0.29, 0.717) is 27.7 Å². The topological polar surface area (TPSA) is 46.5 Å². The largest absolute Gasteiger partial charge is 0.495 e. The molecular weight excluding hydrogens is 370 g/mol. The number of fused-ring (bicyclic) bond motifs is 4. The van der Waals surface area contributed by atoms with Gasteiger partial charge in [0.05, 0.1) is 12.1 Å². The molecule has 0 aliphatic carbocycles. The van der Waals surface area contributed by atoms with E-state index >= 15 is 0 Å². The lowest BCUT2D eigenvalue weighted by molar-refractivity contribution is 0.180. The Morgan fingerprint density at radius 3 is 2.88 bits per heavy atom. The molecule has 2 aliphatic rings. The van der Waals surface area contributed by atoms with Crippen LogP contribution in [0.3, 0.4) is 0 Å². The van der Waals surface area contributed by atoms with Gasteiger partial charge in [0.15, 0.2) is 5.11 Å². The number of hydrogen-bond acceptors (Lipinski definition) is 3. The molecule has 0 radical (unpaired) electrons. The van der Waals surface area contributed by atoms with E-state index in [1.807, 2.05) is 28.8 Å². The van der Waals surface area contributed by atoms with Gasteiger partial charge in [-0.2, -0.15) is 0 Å². The summed E-state index contributed by atoms with van der Waals surface area (Å²) < 4.78 is 7.11. The fraction of sp³-hybridized carbons (Fsp3) is 0.368. The van der Waals surface area contributed by atoms with Gasteiger partial charge in [0.2, 0.25) is 0 Å². The van der Waals surface area contributed by atoms with Gasteiger partial charge in [-0.3, -0.25) is 4.79 Å². The van der Waals surface area contributed by atoms with E-state index < -0.39 is 0 Å². The van der Waals surface area contributed by atoms with Crippen LogP contribution in [0.25, 0.3) is 0 Å². The number of rotatable bonds is 2. The highest BCUT2D eigenvalue weighted by Gasteiger charge is 2.35. The van der Waals surface area contributed by atoms with E-state index in [4.69, 9.17) is 28.6 Å². The summed E-state index contributed by atoms with van der Waals surface area (Å²) in [5, 5.41) is 4.51. The van der Waals surface area contributed by atoms with Crippen LogP contribution < -0.4 is 15.6 Å². The second-order valence-corrected chi connectivity index (χ2v) is 7.68. The predicted molar refractivity (Wildman–Crippen MR) is 107 cm³/mol. The first kappa shape index (κ1) is 17.4. The quantitative estimate of drug-likeness (QED) is 0.798. The maximum atomic E-state index is 12.1. The molecule has 1 saturated heterocycles. The standard InChI is InChI=1S/C19H20ClN3O2S/c1-25-17-6-5-14(8-15(17)20)21-19(26)22-9-12-7-13(11-22)16-3-2-4-18(24)23(16)10-12/h2-6,8,12-13H,7,9-11H2,1H3,(H,21,26)/t12-,13+/m0/s1. The number of piperidine rings is 1. The van der Waals surface area contributed by atoms with Gasteiger partial charge < -0.3 is 19.5 Å². The summed E-state index contributed by atoms with van der Waals surface area (Å²) in [6, 6.07) is 11.1. The van der Waals surface area contributed by atoms with E-state index in [-0.39, 0.29) is 5.56 Å². The highest BCUT2D eigenvalue weighted by molar-refractivity contribution is 7.80. The molecule has 0 unspecified atom stereocenters. The van der Waals surface area contributed by atoms with Crippen LogP contribution in [0.15, 0.2) is 41.2 Å². The Balaban J connectivity index is 1.51. The molecule has 2 bridgehead atoms. The molecule has 2 atom stereocenters.